The topological polar surface area (TPSA) is 66.6 Å². The van der Waals surface area contributed by atoms with E-state index in [0.717, 1.165) is 5.56 Å². The van der Waals surface area contributed by atoms with Gasteiger partial charge in [-0.05, 0) is 31.0 Å². The maximum atomic E-state index is 11.8. The van der Waals surface area contributed by atoms with Crippen LogP contribution in [0.1, 0.15) is 12.0 Å². The van der Waals surface area contributed by atoms with Crippen LogP contribution >= 0.6 is 0 Å². The molecule has 1 aromatic rings. The number of nitrogens with two attached hydrogens (primary N) is 1. The Hall–Kier alpha value is -1.55. The molecule has 1 atom stereocenters. The number of aromatic hydroxyl groups is 1. The molecule has 1 aliphatic rings. The van der Waals surface area contributed by atoms with Gasteiger partial charge in [0.15, 0.2) is 0 Å². The summed E-state index contributed by atoms with van der Waals surface area (Å²) in [4.78, 5) is 13.4. The second-order valence-corrected chi connectivity index (χ2v) is 4.25. The van der Waals surface area contributed by atoms with Gasteiger partial charge < -0.3 is 15.7 Å². The van der Waals surface area contributed by atoms with Crippen LogP contribution in [-0.4, -0.2) is 24.1 Å². The van der Waals surface area contributed by atoms with Gasteiger partial charge in [-0.15, -0.1) is 0 Å². The molecule has 2 rings (SSSR count). The van der Waals surface area contributed by atoms with Crippen LogP contribution < -0.4 is 10.6 Å². The number of nitrogens with zero attached hydrogens (tertiary/aromatic N) is 1. The number of rotatable bonds is 2. The summed E-state index contributed by atoms with van der Waals surface area (Å²) in [7, 11) is 0. The molecule has 86 valence electrons. The van der Waals surface area contributed by atoms with Crippen molar-refractivity contribution in [3.05, 3.63) is 23.8 Å². The van der Waals surface area contributed by atoms with Crippen molar-refractivity contribution in [3.8, 4) is 5.75 Å². The number of phenolic OH excluding ortho intramolecular Hbond substituents is 1. The molecule has 0 bridgehead atoms. The van der Waals surface area contributed by atoms with E-state index in [9.17, 15) is 9.90 Å². The van der Waals surface area contributed by atoms with Crippen molar-refractivity contribution in [2.45, 2.75) is 13.3 Å². The van der Waals surface area contributed by atoms with Crippen LogP contribution in [0.3, 0.4) is 0 Å². The van der Waals surface area contributed by atoms with Gasteiger partial charge >= 0.3 is 0 Å². The van der Waals surface area contributed by atoms with Gasteiger partial charge in [0.2, 0.25) is 5.91 Å². The van der Waals surface area contributed by atoms with Crippen LogP contribution in [-0.2, 0) is 4.79 Å². The molecule has 1 amide bonds. The molecule has 16 heavy (non-hydrogen) atoms. The number of amides is 1. The van der Waals surface area contributed by atoms with E-state index in [0.29, 0.717) is 25.2 Å². The molecule has 4 heteroatoms. The summed E-state index contributed by atoms with van der Waals surface area (Å²) in [6.07, 6.45) is 0.476. The zero-order valence-electron chi connectivity index (χ0n) is 9.31. The fraction of sp³-hybridized carbons (Fsp3) is 0.417. The van der Waals surface area contributed by atoms with Gasteiger partial charge in [-0.25, -0.2) is 0 Å². The Labute approximate surface area is 94.7 Å². The standard InChI is InChI=1S/C12H16N2O2/c1-8-3-2-4-10(15)12(8)14-7-9(6-13)5-11(14)16/h2-4,9,15H,5-7,13H2,1H3. The second-order valence-electron chi connectivity index (χ2n) is 4.25. The minimum Gasteiger partial charge on any atom is -0.506 e. The van der Waals surface area contributed by atoms with E-state index in [1.807, 2.05) is 13.0 Å². The lowest BCUT2D eigenvalue weighted by Crippen LogP contribution is -2.26. The van der Waals surface area contributed by atoms with Gasteiger partial charge in [0, 0.05) is 13.0 Å². The highest BCUT2D eigenvalue weighted by Crippen LogP contribution is 2.34. The molecule has 1 aliphatic heterocycles. The van der Waals surface area contributed by atoms with Gasteiger partial charge in [-0.3, -0.25) is 4.79 Å². The number of carbonyl (C=O) groups excluding carboxylic acids is 1. The Kier molecular flexibility index (Phi) is 2.83. The quantitative estimate of drug-likeness (QED) is 0.781. The number of anilines is 1. The molecule has 1 saturated heterocycles. The predicted octanol–water partition coefficient (Wildman–Crippen LogP) is 1.01. The zero-order chi connectivity index (χ0) is 11.7. The number of hydrogen-bond donors (Lipinski definition) is 2. The van der Waals surface area contributed by atoms with Crippen LogP contribution in [0.15, 0.2) is 18.2 Å². The molecular formula is C12H16N2O2. The molecule has 3 N–H and O–H groups in total. The Morgan fingerprint density at radius 1 is 1.56 bits per heavy atom. The maximum absolute atomic E-state index is 11.8. The third kappa shape index (κ3) is 1.76. The van der Waals surface area contributed by atoms with E-state index < -0.39 is 0 Å². The van der Waals surface area contributed by atoms with Crippen LogP contribution in [0, 0.1) is 12.8 Å². The van der Waals surface area contributed by atoms with E-state index >= 15 is 0 Å². The molecule has 1 unspecified atom stereocenters. The smallest absolute Gasteiger partial charge is 0.227 e. The van der Waals surface area contributed by atoms with Crippen LogP contribution in [0.2, 0.25) is 0 Å². The lowest BCUT2D eigenvalue weighted by molar-refractivity contribution is -0.117. The summed E-state index contributed by atoms with van der Waals surface area (Å²) in [6, 6.07) is 5.26. The molecule has 1 fully saturated rings. The summed E-state index contributed by atoms with van der Waals surface area (Å²) in [5.74, 6) is 0.401. The summed E-state index contributed by atoms with van der Waals surface area (Å²) >= 11 is 0. The number of benzene rings is 1. The minimum absolute atomic E-state index is 0.0417. The Balaban J connectivity index is 2.35. The number of para-hydroxylation sites is 1. The number of phenols is 1. The van der Waals surface area contributed by atoms with Crippen molar-refractivity contribution in [3.63, 3.8) is 0 Å². The van der Waals surface area contributed by atoms with E-state index in [1.165, 1.54) is 0 Å². The van der Waals surface area contributed by atoms with Crippen LogP contribution in [0.4, 0.5) is 5.69 Å². The van der Waals surface area contributed by atoms with Crippen molar-refractivity contribution in [1.82, 2.24) is 0 Å². The molecular weight excluding hydrogens is 204 g/mol. The van der Waals surface area contributed by atoms with Crippen molar-refractivity contribution in [2.24, 2.45) is 11.7 Å². The van der Waals surface area contributed by atoms with Crippen LogP contribution in [0.25, 0.3) is 0 Å². The minimum atomic E-state index is 0.0417. The molecule has 0 aromatic heterocycles. The summed E-state index contributed by atoms with van der Waals surface area (Å²) in [5, 5.41) is 9.80. The molecule has 1 heterocycles. The summed E-state index contributed by atoms with van der Waals surface area (Å²) < 4.78 is 0. The first-order valence-corrected chi connectivity index (χ1v) is 5.42. The highest BCUT2D eigenvalue weighted by atomic mass is 16.3. The Morgan fingerprint density at radius 2 is 2.31 bits per heavy atom. The average Bonchev–Trinajstić information content (AvgIpc) is 2.60. The largest absolute Gasteiger partial charge is 0.506 e. The van der Waals surface area contributed by atoms with Gasteiger partial charge in [0.05, 0.1) is 5.69 Å². The molecule has 1 aromatic carbocycles. The number of aryl methyl sites for hydroxylation is 1. The van der Waals surface area contributed by atoms with Gasteiger partial charge in [0.25, 0.3) is 0 Å². The molecule has 4 nitrogen and oxygen atoms in total. The SMILES string of the molecule is Cc1cccc(O)c1N1CC(CN)CC1=O. The number of hydrogen-bond acceptors (Lipinski definition) is 3. The van der Waals surface area contributed by atoms with E-state index in [2.05, 4.69) is 0 Å². The van der Waals surface area contributed by atoms with Crippen LogP contribution in [0.5, 0.6) is 5.75 Å². The predicted molar refractivity (Wildman–Crippen MR) is 62.4 cm³/mol. The first-order chi connectivity index (χ1) is 7.63. The third-order valence-electron chi connectivity index (χ3n) is 3.02. The Bertz CT molecular complexity index is 397. The highest BCUT2D eigenvalue weighted by Gasteiger charge is 2.31. The number of carbonyl (C=O) groups is 1. The molecule has 0 spiro atoms. The highest BCUT2D eigenvalue weighted by molar-refractivity contribution is 5.97. The van der Waals surface area contributed by atoms with Crippen molar-refractivity contribution in [1.29, 1.82) is 0 Å². The first-order valence-electron chi connectivity index (χ1n) is 5.42. The maximum Gasteiger partial charge on any atom is 0.227 e. The van der Waals surface area contributed by atoms with Crippen molar-refractivity contribution < 1.29 is 9.90 Å². The van der Waals surface area contributed by atoms with E-state index in [1.54, 1.807) is 17.0 Å². The summed E-state index contributed by atoms with van der Waals surface area (Å²) in [5.41, 5.74) is 7.11. The Morgan fingerprint density at radius 3 is 2.88 bits per heavy atom. The molecule has 0 radical (unpaired) electrons. The summed E-state index contributed by atoms with van der Waals surface area (Å²) in [6.45, 7) is 3.00. The van der Waals surface area contributed by atoms with Crippen molar-refractivity contribution in [2.75, 3.05) is 18.0 Å². The van der Waals surface area contributed by atoms with E-state index in [-0.39, 0.29) is 17.6 Å². The fourth-order valence-corrected chi connectivity index (χ4v) is 2.15. The average molecular weight is 220 g/mol. The normalized spacial score (nSPS) is 20.5. The monoisotopic (exact) mass is 220 g/mol. The fourth-order valence-electron chi connectivity index (χ4n) is 2.15. The third-order valence-corrected chi connectivity index (χ3v) is 3.02. The second kappa shape index (κ2) is 4.14. The van der Waals surface area contributed by atoms with Gasteiger partial charge in [-0.1, -0.05) is 12.1 Å². The first kappa shape index (κ1) is 11.0. The zero-order valence-corrected chi connectivity index (χ0v) is 9.31. The lowest BCUT2D eigenvalue weighted by Gasteiger charge is -2.20. The van der Waals surface area contributed by atoms with Crippen molar-refractivity contribution >= 4 is 11.6 Å². The molecule has 0 saturated carbocycles. The van der Waals surface area contributed by atoms with Gasteiger partial charge in [0.1, 0.15) is 5.75 Å². The molecule has 0 aliphatic carbocycles. The van der Waals surface area contributed by atoms with E-state index in [4.69, 9.17) is 5.73 Å². The lowest BCUT2D eigenvalue weighted by atomic mass is 10.1. The van der Waals surface area contributed by atoms with Gasteiger partial charge in [-0.2, -0.15) is 0 Å².